The summed E-state index contributed by atoms with van der Waals surface area (Å²) in [6.07, 6.45) is 4.24. The number of rotatable bonds is 8. The number of benzene rings is 1. The van der Waals surface area contributed by atoms with Gasteiger partial charge in [-0.25, -0.2) is 13.1 Å². The Labute approximate surface area is 115 Å². The normalized spacial score (nSPS) is 11.7. The topological polar surface area (TPSA) is 46.2 Å². The molecule has 0 fully saturated rings. The van der Waals surface area contributed by atoms with E-state index in [1.807, 2.05) is 0 Å². The van der Waals surface area contributed by atoms with Crippen molar-refractivity contribution in [2.75, 3.05) is 6.54 Å². The molecule has 0 saturated carbocycles. The lowest BCUT2D eigenvalue weighted by Gasteiger charge is -2.07. The highest BCUT2D eigenvalue weighted by molar-refractivity contribution is 7.88. The molecule has 1 rings (SSSR count). The molecule has 0 saturated heterocycles. The maximum absolute atomic E-state index is 11.8. The minimum Gasteiger partial charge on any atom is -0.215 e. The molecule has 0 aliphatic carbocycles. The fraction of sp³-hybridized carbons (Fsp3) is 0.538. The van der Waals surface area contributed by atoms with Crippen LogP contribution in [0.5, 0.6) is 0 Å². The van der Waals surface area contributed by atoms with E-state index in [4.69, 9.17) is 11.6 Å². The molecule has 0 aliphatic heterocycles. The second-order valence-corrected chi connectivity index (χ2v) is 6.52. The van der Waals surface area contributed by atoms with E-state index in [1.165, 1.54) is 0 Å². The monoisotopic (exact) mass is 289 g/mol. The molecule has 0 aliphatic rings. The van der Waals surface area contributed by atoms with Crippen molar-refractivity contribution in [1.82, 2.24) is 4.72 Å². The molecule has 1 N–H and O–H groups in total. The maximum Gasteiger partial charge on any atom is 0.215 e. The van der Waals surface area contributed by atoms with Crippen LogP contribution in [-0.2, 0) is 15.8 Å². The summed E-state index contributed by atoms with van der Waals surface area (Å²) in [5.41, 5.74) is 0.639. The SMILES string of the molecule is CCCCCCNS(=O)(=O)Cc1ccccc1Cl. The zero-order chi connectivity index (χ0) is 13.4. The summed E-state index contributed by atoms with van der Waals surface area (Å²) < 4.78 is 26.2. The quantitative estimate of drug-likeness (QED) is 0.746. The minimum absolute atomic E-state index is 0.0551. The van der Waals surface area contributed by atoms with Crippen molar-refractivity contribution in [1.29, 1.82) is 0 Å². The summed E-state index contributed by atoms with van der Waals surface area (Å²) in [5.74, 6) is -0.0551. The van der Waals surface area contributed by atoms with Gasteiger partial charge in [-0.05, 0) is 18.1 Å². The van der Waals surface area contributed by atoms with E-state index in [0.29, 0.717) is 17.1 Å². The van der Waals surface area contributed by atoms with E-state index >= 15 is 0 Å². The Bertz CT molecular complexity index is 460. The second-order valence-electron chi connectivity index (χ2n) is 4.31. The molecular weight excluding hydrogens is 270 g/mol. The molecule has 0 amide bonds. The maximum atomic E-state index is 11.8. The predicted octanol–water partition coefficient (Wildman–Crippen LogP) is 3.34. The number of sulfonamides is 1. The summed E-state index contributed by atoms with van der Waals surface area (Å²) in [4.78, 5) is 0. The van der Waals surface area contributed by atoms with Gasteiger partial charge in [0.2, 0.25) is 10.0 Å². The Hall–Kier alpha value is -0.580. The molecule has 1 aromatic carbocycles. The van der Waals surface area contributed by atoms with Crippen LogP contribution >= 0.6 is 11.6 Å². The largest absolute Gasteiger partial charge is 0.215 e. The average Bonchev–Trinajstić information content (AvgIpc) is 2.31. The van der Waals surface area contributed by atoms with E-state index in [-0.39, 0.29) is 5.75 Å². The van der Waals surface area contributed by atoms with E-state index < -0.39 is 10.0 Å². The van der Waals surface area contributed by atoms with Crippen LogP contribution in [0.4, 0.5) is 0 Å². The van der Waals surface area contributed by atoms with Gasteiger partial charge in [0.1, 0.15) is 0 Å². The second kappa shape index (κ2) is 7.77. The molecule has 1 aromatic rings. The lowest BCUT2D eigenvalue weighted by Crippen LogP contribution is -2.26. The minimum atomic E-state index is -3.28. The van der Waals surface area contributed by atoms with Gasteiger partial charge in [0.05, 0.1) is 5.75 Å². The summed E-state index contributed by atoms with van der Waals surface area (Å²) in [6.45, 7) is 2.63. The molecule has 102 valence electrons. The van der Waals surface area contributed by atoms with Crippen molar-refractivity contribution in [3.05, 3.63) is 34.9 Å². The Balaban J connectivity index is 2.43. The Kier molecular flexibility index (Phi) is 6.68. The number of hydrogen-bond donors (Lipinski definition) is 1. The third-order valence-corrected chi connectivity index (χ3v) is 4.36. The first kappa shape index (κ1) is 15.5. The molecule has 0 unspecified atom stereocenters. The van der Waals surface area contributed by atoms with E-state index in [1.54, 1.807) is 24.3 Å². The lowest BCUT2D eigenvalue weighted by atomic mass is 10.2. The third-order valence-electron chi connectivity index (χ3n) is 2.66. The molecule has 5 heteroatoms. The van der Waals surface area contributed by atoms with E-state index in [0.717, 1.165) is 25.7 Å². The van der Waals surface area contributed by atoms with E-state index in [2.05, 4.69) is 11.6 Å². The van der Waals surface area contributed by atoms with Crippen molar-refractivity contribution >= 4 is 21.6 Å². The van der Waals surface area contributed by atoms with Gasteiger partial charge < -0.3 is 0 Å². The van der Waals surface area contributed by atoms with Crippen LogP contribution in [0.2, 0.25) is 5.02 Å². The van der Waals surface area contributed by atoms with Crippen molar-refractivity contribution in [3.8, 4) is 0 Å². The first-order valence-corrected chi connectivity index (χ1v) is 8.29. The molecular formula is C13H20ClNO2S. The first-order valence-electron chi connectivity index (χ1n) is 6.26. The van der Waals surface area contributed by atoms with Crippen LogP contribution in [-0.4, -0.2) is 15.0 Å². The van der Waals surface area contributed by atoms with E-state index in [9.17, 15) is 8.42 Å². The first-order chi connectivity index (χ1) is 8.55. The Morgan fingerprint density at radius 2 is 1.89 bits per heavy atom. The molecule has 0 aromatic heterocycles. The molecule has 0 radical (unpaired) electrons. The van der Waals surface area contributed by atoms with Gasteiger partial charge in [-0.1, -0.05) is 56.0 Å². The zero-order valence-corrected chi connectivity index (χ0v) is 12.2. The van der Waals surface area contributed by atoms with Gasteiger partial charge in [-0.3, -0.25) is 0 Å². The van der Waals surface area contributed by atoms with Crippen molar-refractivity contribution < 1.29 is 8.42 Å². The van der Waals surface area contributed by atoms with Gasteiger partial charge in [-0.15, -0.1) is 0 Å². The predicted molar refractivity (Wildman–Crippen MR) is 76.2 cm³/mol. The van der Waals surface area contributed by atoms with Crippen LogP contribution in [0.15, 0.2) is 24.3 Å². The van der Waals surface area contributed by atoms with Crippen molar-refractivity contribution in [2.45, 2.75) is 38.4 Å². The summed E-state index contributed by atoms with van der Waals surface area (Å²) in [7, 11) is -3.28. The fourth-order valence-corrected chi connectivity index (χ4v) is 3.15. The Morgan fingerprint density at radius 1 is 1.17 bits per heavy atom. The van der Waals surface area contributed by atoms with Crippen LogP contribution in [0.3, 0.4) is 0 Å². The highest BCUT2D eigenvalue weighted by Gasteiger charge is 2.12. The smallest absolute Gasteiger partial charge is 0.215 e. The molecule has 3 nitrogen and oxygen atoms in total. The summed E-state index contributed by atoms with van der Waals surface area (Å²) in [6, 6.07) is 7.01. The number of nitrogens with one attached hydrogen (secondary N) is 1. The van der Waals surface area contributed by atoms with Crippen LogP contribution in [0.25, 0.3) is 0 Å². The zero-order valence-electron chi connectivity index (χ0n) is 10.7. The van der Waals surface area contributed by atoms with Crippen molar-refractivity contribution in [3.63, 3.8) is 0 Å². The molecule has 18 heavy (non-hydrogen) atoms. The average molecular weight is 290 g/mol. The van der Waals surface area contributed by atoms with Gasteiger partial charge in [-0.2, -0.15) is 0 Å². The van der Waals surface area contributed by atoms with Gasteiger partial charge in [0, 0.05) is 11.6 Å². The standard InChI is InChI=1S/C13H20ClNO2S/c1-2-3-4-7-10-15-18(16,17)11-12-8-5-6-9-13(12)14/h5-6,8-9,15H,2-4,7,10-11H2,1H3. The molecule has 0 heterocycles. The van der Waals surface area contributed by atoms with Gasteiger partial charge in [0.25, 0.3) is 0 Å². The molecule has 0 atom stereocenters. The third kappa shape index (κ3) is 5.85. The number of unbranched alkanes of at least 4 members (excludes halogenated alkanes) is 3. The van der Waals surface area contributed by atoms with Crippen LogP contribution in [0.1, 0.15) is 38.2 Å². The molecule has 0 bridgehead atoms. The van der Waals surface area contributed by atoms with Crippen LogP contribution in [0, 0.1) is 0 Å². The highest BCUT2D eigenvalue weighted by atomic mass is 35.5. The number of halogens is 1. The number of hydrogen-bond acceptors (Lipinski definition) is 2. The fourth-order valence-electron chi connectivity index (χ4n) is 1.65. The lowest BCUT2D eigenvalue weighted by molar-refractivity contribution is 0.573. The highest BCUT2D eigenvalue weighted by Crippen LogP contribution is 2.17. The van der Waals surface area contributed by atoms with Gasteiger partial charge in [0.15, 0.2) is 0 Å². The summed E-state index contributed by atoms with van der Waals surface area (Å²) in [5, 5.41) is 0.494. The van der Waals surface area contributed by atoms with Crippen LogP contribution < -0.4 is 4.72 Å². The summed E-state index contributed by atoms with van der Waals surface area (Å²) >= 11 is 5.94. The van der Waals surface area contributed by atoms with Gasteiger partial charge >= 0.3 is 0 Å². The Morgan fingerprint density at radius 3 is 2.56 bits per heavy atom. The van der Waals surface area contributed by atoms with Crippen molar-refractivity contribution in [2.24, 2.45) is 0 Å². The molecule has 0 spiro atoms.